The van der Waals surface area contributed by atoms with Crippen molar-refractivity contribution in [1.82, 2.24) is 10.6 Å². The lowest BCUT2D eigenvalue weighted by molar-refractivity contribution is -0.277. The van der Waals surface area contributed by atoms with Gasteiger partial charge in [-0.05, 0) is 37.7 Å². The third kappa shape index (κ3) is 16.9. The maximum Gasteiger partial charge on any atom is 0.508 e. The molecule has 19 nitrogen and oxygen atoms in total. The molecular weight excluding hydrogens is 806 g/mol. The average Bonchev–Trinajstić information content (AvgIpc) is 3.44. The summed E-state index contributed by atoms with van der Waals surface area (Å²) in [7, 11) is -1.57. The van der Waals surface area contributed by atoms with Crippen LogP contribution >= 0.6 is 20.0 Å². The van der Waals surface area contributed by atoms with Crippen molar-refractivity contribution in [2.45, 2.75) is 115 Å². The van der Waals surface area contributed by atoms with Gasteiger partial charge in [0.2, 0.25) is 5.91 Å². The second-order valence-corrected chi connectivity index (χ2v) is 15.6. The fourth-order valence-corrected chi connectivity index (χ4v) is 7.39. The quantitative estimate of drug-likeness (QED) is 0.0377. The molecule has 0 radical (unpaired) electrons. The number of carbonyl (C=O) groups is 5. The zero-order chi connectivity index (χ0) is 42.8. The minimum absolute atomic E-state index is 0.0126. The molecule has 2 aliphatic heterocycles. The first-order valence-electron chi connectivity index (χ1n) is 18.8. The second-order valence-electron chi connectivity index (χ2n) is 13.6. The monoisotopic (exact) mass is 860 g/mol. The van der Waals surface area contributed by atoms with Crippen molar-refractivity contribution in [3.05, 3.63) is 35.9 Å². The molecule has 0 bridgehead atoms. The first-order chi connectivity index (χ1) is 27.5. The Morgan fingerprint density at radius 2 is 1.52 bits per heavy atom. The van der Waals surface area contributed by atoms with Crippen LogP contribution in [-0.2, 0) is 77.3 Å². The Bertz CT molecular complexity index is 1580. The van der Waals surface area contributed by atoms with Crippen LogP contribution in [0, 0.1) is 5.92 Å². The topological polar surface area (TPSA) is 239 Å². The molecule has 0 aliphatic carbocycles. The molecule has 3 rings (SSSR count). The maximum atomic E-state index is 12.4. The number of hydrogen-bond acceptors (Lipinski definition) is 17. The van der Waals surface area contributed by atoms with E-state index in [0.717, 1.165) is 26.5 Å². The molecule has 58 heavy (non-hydrogen) atoms. The lowest BCUT2D eigenvalue weighted by Gasteiger charge is -2.44. The van der Waals surface area contributed by atoms with Gasteiger partial charge in [-0.25, -0.2) is 9.36 Å². The van der Waals surface area contributed by atoms with Gasteiger partial charge in [-0.3, -0.25) is 28.2 Å². The van der Waals surface area contributed by atoms with Gasteiger partial charge in [0.25, 0.3) is 0 Å². The number of nitrogens with one attached hydrogen (secondary N) is 2. The number of carbonyl (C=O) groups excluding carboxylic acids is 5. The molecule has 10 atom stereocenters. The summed E-state index contributed by atoms with van der Waals surface area (Å²) in [6.07, 6.45) is -4.66. The predicted octanol–water partition coefficient (Wildman–Crippen LogP) is 1.99. The molecule has 22 heteroatoms. The van der Waals surface area contributed by atoms with Crippen LogP contribution < -0.4 is 10.6 Å². The fraction of sp³-hybridized carbons (Fsp3) is 0.667. The van der Waals surface area contributed by atoms with Gasteiger partial charge >= 0.3 is 31.9 Å². The normalized spacial score (nSPS) is 26.3. The molecule has 0 saturated carbocycles. The van der Waals surface area contributed by atoms with E-state index >= 15 is 0 Å². The van der Waals surface area contributed by atoms with Gasteiger partial charge in [0.1, 0.15) is 52.0 Å². The minimum atomic E-state index is -4.42. The second kappa shape index (κ2) is 24.4. The number of phosphoric ester groups is 1. The molecule has 0 spiro atoms. The van der Waals surface area contributed by atoms with Crippen molar-refractivity contribution in [3.8, 4) is 0 Å². The van der Waals surface area contributed by atoms with Crippen LogP contribution in [0.15, 0.2) is 30.3 Å². The average molecular weight is 861 g/mol. The molecule has 2 fully saturated rings. The number of hydrogen-bond donors (Lipinski definition) is 3. The van der Waals surface area contributed by atoms with Crippen LogP contribution in [-0.4, -0.2) is 130 Å². The molecular formula is C36H54BN2O17PS. The van der Waals surface area contributed by atoms with E-state index in [1.165, 1.54) is 13.8 Å². The summed E-state index contributed by atoms with van der Waals surface area (Å²) in [6, 6.07) is 7.59. The molecule has 2 saturated heterocycles. The first-order valence-corrected chi connectivity index (χ1v) is 20.7. The van der Waals surface area contributed by atoms with Crippen molar-refractivity contribution in [1.29, 1.82) is 0 Å². The Balaban J connectivity index is 1.48. The standard InChI is InChI=1S/C36H54BN2O17PS/c1-21(40)39-30-33(53-24(4)43)32(52-23(3)42)28(19-49-22(2)41)55-35(30)48-17-10-9-15-29(58)38-16-11-14-26-31(56-57(45,46)47-5)27(54-34(26)37)20-51-36(44)50-18-25-12-7-6-8-13-25/h6-8,12-13,26-28,30-35H,9-11,14-20,37H2,1-5H3,(H,38,58)(H,39,40)(H,45,46)/t26-,27+,28+,30+,31?,32-,33+,34+,35+/m0/s1. The van der Waals surface area contributed by atoms with E-state index in [-0.39, 0.29) is 32.3 Å². The molecule has 0 aromatic heterocycles. The summed E-state index contributed by atoms with van der Waals surface area (Å²) in [5, 5.41) is 5.86. The number of thiocarbonyl (C=S) groups is 1. The number of esters is 3. The fourth-order valence-electron chi connectivity index (χ4n) is 6.46. The third-order valence-corrected chi connectivity index (χ3v) is 10.3. The summed E-state index contributed by atoms with van der Waals surface area (Å²) < 4.78 is 67.0. The van der Waals surface area contributed by atoms with E-state index in [0.29, 0.717) is 43.6 Å². The maximum absolute atomic E-state index is 12.4. The molecule has 2 unspecified atom stereocenters. The lowest BCUT2D eigenvalue weighted by Crippen LogP contribution is -2.66. The Labute approximate surface area is 343 Å². The van der Waals surface area contributed by atoms with E-state index in [9.17, 15) is 33.4 Å². The first kappa shape index (κ1) is 48.7. The Kier molecular flexibility index (Phi) is 20.5. The largest absolute Gasteiger partial charge is 0.508 e. The summed E-state index contributed by atoms with van der Waals surface area (Å²) in [5.74, 6) is -2.87. The number of ether oxygens (including phenoxy) is 8. The van der Waals surface area contributed by atoms with Gasteiger partial charge in [0.05, 0.1) is 4.99 Å². The highest BCUT2D eigenvalue weighted by atomic mass is 32.1. The van der Waals surface area contributed by atoms with Gasteiger partial charge in [0, 0.05) is 59.9 Å². The summed E-state index contributed by atoms with van der Waals surface area (Å²) in [6.45, 7) is 4.79. The molecule has 3 N–H and O–H groups in total. The molecule has 1 aromatic rings. The molecule has 324 valence electrons. The highest BCUT2D eigenvalue weighted by Crippen LogP contribution is 2.48. The highest BCUT2D eigenvalue weighted by molar-refractivity contribution is 7.80. The van der Waals surface area contributed by atoms with E-state index < -0.39 is 86.6 Å². The lowest BCUT2D eigenvalue weighted by atomic mass is 9.82. The summed E-state index contributed by atoms with van der Waals surface area (Å²) in [5.41, 5.74) is 0.778. The smallest absolute Gasteiger partial charge is 0.463 e. The minimum Gasteiger partial charge on any atom is -0.463 e. The van der Waals surface area contributed by atoms with E-state index in [2.05, 4.69) is 15.2 Å². The third-order valence-electron chi connectivity index (χ3n) is 9.02. The van der Waals surface area contributed by atoms with Crippen LogP contribution in [0.3, 0.4) is 0 Å². The highest BCUT2D eigenvalue weighted by Gasteiger charge is 2.51. The van der Waals surface area contributed by atoms with Crippen molar-refractivity contribution in [3.63, 3.8) is 0 Å². The van der Waals surface area contributed by atoms with Crippen molar-refractivity contribution in [2.24, 2.45) is 5.92 Å². The van der Waals surface area contributed by atoms with E-state index in [1.54, 1.807) is 20.0 Å². The van der Waals surface area contributed by atoms with Crippen molar-refractivity contribution < 1.29 is 80.4 Å². The Morgan fingerprint density at radius 1 is 0.862 bits per heavy atom. The predicted molar refractivity (Wildman–Crippen MR) is 209 cm³/mol. The number of benzene rings is 1. The SMILES string of the molecule is B[C@@H]1O[C@H](COC(=O)OCc2ccccc2)C(OP(=O)(O)OC)[C@@H]1CCCNC(=S)CCCCO[C@@H]1O[C@H](COC(C)=O)[C@H](OC(C)=O)[C@H](OC(C)=O)[C@H]1NC(C)=O. The van der Waals surface area contributed by atoms with E-state index in [1.807, 2.05) is 18.2 Å². The van der Waals surface area contributed by atoms with Crippen LogP contribution in [0.1, 0.15) is 65.4 Å². The van der Waals surface area contributed by atoms with Gasteiger partial charge in [0.15, 0.2) is 18.5 Å². The summed E-state index contributed by atoms with van der Waals surface area (Å²) >= 11 is 5.52. The number of phosphoric acid groups is 1. The molecule has 1 amide bonds. The molecule has 2 heterocycles. The van der Waals surface area contributed by atoms with Crippen LogP contribution in [0.5, 0.6) is 0 Å². The number of unbranched alkanes of at least 4 members (excludes halogenated alkanes) is 1. The van der Waals surface area contributed by atoms with Gasteiger partial charge in [-0.15, -0.1) is 0 Å². The Hall–Kier alpha value is -3.69. The zero-order valence-electron chi connectivity index (χ0n) is 33.5. The zero-order valence-corrected chi connectivity index (χ0v) is 35.2. The van der Waals surface area contributed by atoms with E-state index in [4.69, 9.17) is 54.6 Å². The van der Waals surface area contributed by atoms with Crippen LogP contribution in [0.2, 0.25) is 0 Å². The van der Waals surface area contributed by atoms with Gasteiger partial charge < -0.3 is 53.4 Å². The van der Waals surface area contributed by atoms with Crippen molar-refractivity contribution in [2.75, 3.05) is 33.5 Å². The molecule has 1 aromatic carbocycles. The summed E-state index contributed by atoms with van der Waals surface area (Å²) in [4.78, 5) is 70.7. The van der Waals surface area contributed by atoms with Crippen LogP contribution in [0.25, 0.3) is 0 Å². The molecule has 2 aliphatic rings. The number of amides is 1. The van der Waals surface area contributed by atoms with Gasteiger partial charge in [-0.2, -0.15) is 0 Å². The van der Waals surface area contributed by atoms with Crippen molar-refractivity contribution >= 4 is 62.8 Å². The number of rotatable bonds is 22. The Morgan fingerprint density at radius 3 is 2.16 bits per heavy atom. The van der Waals surface area contributed by atoms with Crippen LogP contribution in [0.4, 0.5) is 4.79 Å². The van der Waals surface area contributed by atoms with Gasteiger partial charge in [-0.1, -0.05) is 42.5 Å².